The Bertz CT molecular complexity index is 359. The zero-order valence-corrected chi connectivity index (χ0v) is 10.4. The molecule has 1 aromatic rings. The SMILES string of the molecule is Nc1ncc(CN2CCCC2C2CCC2)s1. The van der Waals surface area contributed by atoms with E-state index < -0.39 is 0 Å². The van der Waals surface area contributed by atoms with Crippen LogP contribution >= 0.6 is 11.3 Å². The Hall–Kier alpha value is -0.610. The van der Waals surface area contributed by atoms with Gasteiger partial charge >= 0.3 is 0 Å². The van der Waals surface area contributed by atoms with Gasteiger partial charge in [0.1, 0.15) is 0 Å². The highest BCUT2D eigenvalue weighted by Crippen LogP contribution is 2.38. The Morgan fingerprint density at radius 2 is 2.25 bits per heavy atom. The molecule has 1 saturated carbocycles. The molecule has 0 amide bonds. The minimum Gasteiger partial charge on any atom is -0.375 e. The van der Waals surface area contributed by atoms with Crippen molar-refractivity contribution in [3.05, 3.63) is 11.1 Å². The maximum Gasteiger partial charge on any atom is 0.180 e. The van der Waals surface area contributed by atoms with Gasteiger partial charge in [-0.1, -0.05) is 6.42 Å². The molecule has 0 radical (unpaired) electrons. The van der Waals surface area contributed by atoms with E-state index in [-0.39, 0.29) is 0 Å². The molecule has 0 bridgehead atoms. The van der Waals surface area contributed by atoms with Crippen molar-refractivity contribution in [1.82, 2.24) is 9.88 Å². The van der Waals surface area contributed by atoms with E-state index in [1.54, 1.807) is 11.3 Å². The highest BCUT2D eigenvalue weighted by molar-refractivity contribution is 7.15. The molecule has 1 aromatic heterocycles. The first-order valence-electron chi connectivity index (χ1n) is 6.27. The summed E-state index contributed by atoms with van der Waals surface area (Å²) in [5.41, 5.74) is 5.67. The van der Waals surface area contributed by atoms with Gasteiger partial charge in [0.25, 0.3) is 0 Å². The van der Waals surface area contributed by atoms with Crippen LogP contribution in [0.4, 0.5) is 5.13 Å². The molecule has 1 unspecified atom stereocenters. The molecule has 4 heteroatoms. The Labute approximate surface area is 101 Å². The zero-order valence-electron chi connectivity index (χ0n) is 9.56. The number of nitrogens with two attached hydrogens (primary N) is 1. The molecule has 2 heterocycles. The predicted molar refractivity (Wildman–Crippen MR) is 67.3 cm³/mol. The second-order valence-electron chi connectivity index (χ2n) is 5.04. The number of rotatable bonds is 3. The Kier molecular flexibility index (Phi) is 2.86. The molecule has 88 valence electrons. The van der Waals surface area contributed by atoms with Crippen molar-refractivity contribution in [3.63, 3.8) is 0 Å². The molecule has 3 rings (SSSR count). The third-order valence-corrected chi connectivity index (χ3v) is 4.85. The van der Waals surface area contributed by atoms with Crippen molar-refractivity contribution in [2.45, 2.75) is 44.7 Å². The van der Waals surface area contributed by atoms with Gasteiger partial charge in [0.05, 0.1) is 0 Å². The lowest BCUT2D eigenvalue weighted by atomic mass is 9.79. The molecule has 3 nitrogen and oxygen atoms in total. The number of likely N-dealkylation sites (tertiary alicyclic amines) is 1. The molecular weight excluding hydrogens is 218 g/mol. The van der Waals surface area contributed by atoms with Crippen molar-refractivity contribution in [3.8, 4) is 0 Å². The monoisotopic (exact) mass is 237 g/mol. The Morgan fingerprint density at radius 3 is 2.88 bits per heavy atom. The van der Waals surface area contributed by atoms with E-state index in [1.807, 2.05) is 6.20 Å². The number of nitrogens with zero attached hydrogens (tertiary/aromatic N) is 2. The van der Waals surface area contributed by atoms with Gasteiger partial charge in [0, 0.05) is 23.7 Å². The van der Waals surface area contributed by atoms with Crippen molar-refractivity contribution < 1.29 is 0 Å². The molecule has 0 aromatic carbocycles. The molecule has 1 atom stereocenters. The minimum atomic E-state index is 0.703. The van der Waals surface area contributed by atoms with Crippen LogP contribution in [0.5, 0.6) is 0 Å². The van der Waals surface area contributed by atoms with Crippen LogP contribution in [0.2, 0.25) is 0 Å². The van der Waals surface area contributed by atoms with Crippen LogP contribution in [0.15, 0.2) is 6.20 Å². The second-order valence-corrected chi connectivity index (χ2v) is 6.18. The summed E-state index contributed by atoms with van der Waals surface area (Å²) in [6, 6.07) is 0.845. The number of aromatic nitrogens is 1. The lowest BCUT2D eigenvalue weighted by molar-refractivity contribution is 0.127. The lowest BCUT2D eigenvalue weighted by Crippen LogP contribution is -2.38. The normalized spacial score (nSPS) is 27.1. The van der Waals surface area contributed by atoms with E-state index in [2.05, 4.69) is 9.88 Å². The third kappa shape index (κ3) is 1.96. The van der Waals surface area contributed by atoms with Crippen LogP contribution < -0.4 is 5.73 Å². The van der Waals surface area contributed by atoms with Gasteiger partial charge in [-0.2, -0.15) is 0 Å². The van der Waals surface area contributed by atoms with E-state index in [0.29, 0.717) is 5.13 Å². The molecule has 1 saturated heterocycles. The highest BCUT2D eigenvalue weighted by atomic mass is 32.1. The summed E-state index contributed by atoms with van der Waals surface area (Å²) in [6.07, 6.45) is 9.06. The van der Waals surface area contributed by atoms with E-state index >= 15 is 0 Å². The van der Waals surface area contributed by atoms with Crippen molar-refractivity contribution >= 4 is 16.5 Å². The van der Waals surface area contributed by atoms with E-state index in [9.17, 15) is 0 Å². The maximum atomic E-state index is 5.67. The van der Waals surface area contributed by atoms with Crippen LogP contribution in [0.3, 0.4) is 0 Å². The smallest absolute Gasteiger partial charge is 0.180 e. The summed E-state index contributed by atoms with van der Waals surface area (Å²) >= 11 is 1.64. The zero-order chi connectivity index (χ0) is 11.0. The molecule has 2 N–H and O–H groups in total. The van der Waals surface area contributed by atoms with Crippen LogP contribution in [-0.2, 0) is 6.54 Å². The average molecular weight is 237 g/mol. The minimum absolute atomic E-state index is 0.703. The van der Waals surface area contributed by atoms with Crippen molar-refractivity contribution in [2.24, 2.45) is 5.92 Å². The van der Waals surface area contributed by atoms with Crippen LogP contribution in [0.25, 0.3) is 0 Å². The molecule has 2 fully saturated rings. The first kappa shape index (κ1) is 10.5. The Balaban J connectivity index is 1.64. The van der Waals surface area contributed by atoms with Gasteiger partial charge in [-0.05, 0) is 38.1 Å². The number of hydrogen-bond donors (Lipinski definition) is 1. The quantitative estimate of drug-likeness (QED) is 0.878. The van der Waals surface area contributed by atoms with Crippen molar-refractivity contribution in [2.75, 3.05) is 12.3 Å². The standard InChI is InChI=1S/C12H19N3S/c13-12-14-7-10(16-12)8-15-6-2-5-11(15)9-3-1-4-9/h7,9,11H,1-6,8H2,(H2,13,14). The Morgan fingerprint density at radius 1 is 1.38 bits per heavy atom. The van der Waals surface area contributed by atoms with E-state index in [1.165, 1.54) is 43.5 Å². The molecule has 0 spiro atoms. The highest BCUT2D eigenvalue weighted by Gasteiger charge is 2.34. The van der Waals surface area contributed by atoms with Crippen molar-refractivity contribution in [1.29, 1.82) is 0 Å². The topological polar surface area (TPSA) is 42.1 Å². The molecular formula is C12H19N3S. The molecule has 16 heavy (non-hydrogen) atoms. The van der Waals surface area contributed by atoms with Crippen LogP contribution in [-0.4, -0.2) is 22.5 Å². The van der Waals surface area contributed by atoms with Gasteiger partial charge in [-0.3, -0.25) is 4.90 Å². The average Bonchev–Trinajstić information content (AvgIpc) is 2.75. The van der Waals surface area contributed by atoms with Gasteiger partial charge in [-0.25, -0.2) is 4.98 Å². The number of nitrogen functional groups attached to an aromatic ring is 1. The first-order chi connectivity index (χ1) is 7.83. The van der Waals surface area contributed by atoms with E-state index in [0.717, 1.165) is 18.5 Å². The van der Waals surface area contributed by atoms with Gasteiger partial charge in [0.15, 0.2) is 5.13 Å². The van der Waals surface area contributed by atoms with Crippen LogP contribution in [0.1, 0.15) is 37.0 Å². The summed E-state index contributed by atoms with van der Waals surface area (Å²) in [4.78, 5) is 8.10. The molecule has 1 aliphatic heterocycles. The predicted octanol–water partition coefficient (Wildman–Crippen LogP) is 2.49. The number of hydrogen-bond acceptors (Lipinski definition) is 4. The summed E-state index contributed by atoms with van der Waals surface area (Å²) in [5, 5.41) is 0.703. The van der Waals surface area contributed by atoms with Crippen LogP contribution in [0, 0.1) is 5.92 Å². The fourth-order valence-electron chi connectivity index (χ4n) is 3.00. The maximum absolute atomic E-state index is 5.67. The first-order valence-corrected chi connectivity index (χ1v) is 7.09. The van der Waals surface area contributed by atoms with Gasteiger partial charge in [-0.15, -0.1) is 11.3 Å². The largest absolute Gasteiger partial charge is 0.375 e. The van der Waals surface area contributed by atoms with Gasteiger partial charge < -0.3 is 5.73 Å². The summed E-state index contributed by atoms with van der Waals surface area (Å²) in [6.45, 7) is 2.33. The van der Waals surface area contributed by atoms with E-state index in [4.69, 9.17) is 5.73 Å². The molecule has 1 aliphatic carbocycles. The summed E-state index contributed by atoms with van der Waals surface area (Å²) in [5.74, 6) is 0.979. The number of thiazole rings is 1. The fraction of sp³-hybridized carbons (Fsp3) is 0.750. The molecule has 2 aliphatic rings. The fourth-order valence-corrected chi connectivity index (χ4v) is 3.71. The van der Waals surface area contributed by atoms with Gasteiger partial charge in [0.2, 0.25) is 0 Å². The summed E-state index contributed by atoms with van der Waals surface area (Å²) < 4.78 is 0. The number of anilines is 1. The second kappa shape index (κ2) is 4.34. The summed E-state index contributed by atoms with van der Waals surface area (Å²) in [7, 11) is 0. The lowest BCUT2D eigenvalue weighted by Gasteiger charge is -2.36. The third-order valence-electron chi connectivity index (χ3n) is 4.04.